The molecule has 0 aliphatic carbocycles. The molecule has 0 bridgehead atoms. The zero-order chi connectivity index (χ0) is 14.5. The number of aromatic nitrogens is 2. The van der Waals surface area contributed by atoms with E-state index in [1.54, 1.807) is 0 Å². The summed E-state index contributed by atoms with van der Waals surface area (Å²) in [6, 6.07) is 2.37. The Kier molecular flexibility index (Phi) is 4.94. The first-order valence-corrected chi connectivity index (χ1v) is 7.78. The molecule has 20 heavy (non-hydrogen) atoms. The summed E-state index contributed by atoms with van der Waals surface area (Å²) >= 11 is 0. The van der Waals surface area contributed by atoms with Gasteiger partial charge < -0.3 is 4.90 Å². The minimum Gasteiger partial charge on any atom is -0.354 e. The highest BCUT2D eigenvalue weighted by Crippen LogP contribution is 2.28. The first kappa shape index (κ1) is 14.8. The van der Waals surface area contributed by atoms with E-state index in [2.05, 4.69) is 41.9 Å². The Labute approximate surface area is 121 Å². The van der Waals surface area contributed by atoms with Gasteiger partial charge in [0.1, 0.15) is 11.6 Å². The molecule has 2 rings (SSSR count). The molecule has 0 atom stereocenters. The summed E-state index contributed by atoms with van der Waals surface area (Å²) in [6.07, 6.45) is 5.32. The van der Waals surface area contributed by atoms with E-state index in [9.17, 15) is 5.26 Å². The average Bonchev–Trinajstić information content (AvgIpc) is 2.53. The van der Waals surface area contributed by atoms with E-state index in [4.69, 9.17) is 0 Å². The lowest BCUT2D eigenvalue weighted by atomic mass is 9.94. The number of aryl methyl sites for hydroxylation is 1. The van der Waals surface area contributed by atoms with Gasteiger partial charge in [-0.3, -0.25) is 0 Å². The highest BCUT2D eigenvalue weighted by molar-refractivity contribution is 5.58. The van der Waals surface area contributed by atoms with Crippen molar-refractivity contribution in [3.05, 3.63) is 16.8 Å². The fourth-order valence-corrected chi connectivity index (χ4v) is 3.05. The van der Waals surface area contributed by atoms with Crippen LogP contribution in [-0.4, -0.2) is 23.3 Å². The molecule has 1 fully saturated rings. The molecule has 0 amide bonds. The molecule has 0 N–H and O–H groups in total. The third kappa shape index (κ3) is 2.77. The van der Waals surface area contributed by atoms with Gasteiger partial charge >= 0.3 is 0 Å². The topological polar surface area (TPSA) is 52.8 Å². The fraction of sp³-hybridized carbons (Fsp3) is 0.688. The van der Waals surface area contributed by atoms with Crippen molar-refractivity contribution in [3.63, 3.8) is 0 Å². The molecule has 108 valence electrons. The Hall–Kier alpha value is -1.63. The molecule has 4 heteroatoms. The summed E-state index contributed by atoms with van der Waals surface area (Å²) in [5.74, 6) is 1.63. The molecule has 2 heterocycles. The van der Waals surface area contributed by atoms with Crippen molar-refractivity contribution in [1.82, 2.24) is 10.2 Å². The van der Waals surface area contributed by atoms with Crippen LogP contribution in [0.15, 0.2) is 0 Å². The maximum Gasteiger partial charge on any atom is 0.169 e. The molecule has 1 aromatic rings. The maximum absolute atomic E-state index is 9.53. The van der Waals surface area contributed by atoms with E-state index >= 15 is 0 Å². The van der Waals surface area contributed by atoms with Gasteiger partial charge in [0.25, 0.3) is 0 Å². The van der Waals surface area contributed by atoms with Crippen LogP contribution in [0.3, 0.4) is 0 Å². The molecule has 4 nitrogen and oxygen atoms in total. The monoisotopic (exact) mass is 272 g/mol. The lowest BCUT2D eigenvalue weighted by Crippen LogP contribution is -2.35. The summed E-state index contributed by atoms with van der Waals surface area (Å²) < 4.78 is 0. The highest BCUT2D eigenvalue weighted by Gasteiger charge is 2.23. The van der Waals surface area contributed by atoms with Crippen molar-refractivity contribution in [1.29, 1.82) is 5.26 Å². The molecule has 0 aromatic carbocycles. The minimum atomic E-state index is 0.745. The van der Waals surface area contributed by atoms with Crippen molar-refractivity contribution < 1.29 is 0 Å². The third-order valence-corrected chi connectivity index (χ3v) is 4.43. The molecule has 1 aliphatic rings. The average molecular weight is 272 g/mol. The summed E-state index contributed by atoms with van der Waals surface area (Å²) in [5.41, 5.74) is 2.79. The Morgan fingerprint density at radius 2 is 1.85 bits per heavy atom. The fourth-order valence-electron chi connectivity index (χ4n) is 3.05. The second kappa shape index (κ2) is 6.69. The van der Waals surface area contributed by atoms with Crippen LogP contribution in [0, 0.1) is 17.2 Å². The predicted molar refractivity (Wildman–Crippen MR) is 80.7 cm³/mol. The zero-order valence-corrected chi connectivity index (χ0v) is 12.8. The zero-order valence-electron chi connectivity index (χ0n) is 12.8. The van der Waals surface area contributed by atoms with E-state index in [1.807, 2.05) is 0 Å². The lowest BCUT2D eigenvalue weighted by molar-refractivity contribution is 0.393. The first-order valence-electron chi connectivity index (χ1n) is 7.78. The smallest absolute Gasteiger partial charge is 0.169 e. The number of anilines is 1. The van der Waals surface area contributed by atoms with Crippen molar-refractivity contribution in [2.75, 3.05) is 18.0 Å². The number of hydrogen-bond donors (Lipinski definition) is 0. The van der Waals surface area contributed by atoms with Gasteiger partial charge in [-0.05, 0) is 37.2 Å². The van der Waals surface area contributed by atoms with Crippen LogP contribution in [0.4, 0.5) is 5.82 Å². The van der Waals surface area contributed by atoms with E-state index in [-0.39, 0.29) is 0 Å². The summed E-state index contributed by atoms with van der Waals surface area (Å²) in [4.78, 5) is 2.25. The van der Waals surface area contributed by atoms with Crippen molar-refractivity contribution in [2.45, 2.75) is 52.9 Å². The minimum absolute atomic E-state index is 0.745. The van der Waals surface area contributed by atoms with Gasteiger partial charge in [0.15, 0.2) is 5.82 Å². The first-order chi connectivity index (χ1) is 9.74. The maximum atomic E-state index is 9.53. The Morgan fingerprint density at radius 1 is 1.15 bits per heavy atom. The normalized spacial score (nSPS) is 16.2. The van der Waals surface area contributed by atoms with E-state index in [1.165, 1.54) is 19.3 Å². The molecular weight excluding hydrogens is 248 g/mol. The summed E-state index contributed by atoms with van der Waals surface area (Å²) in [7, 11) is 0. The van der Waals surface area contributed by atoms with Crippen molar-refractivity contribution >= 4 is 5.82 Å². The van der Waals surface area contributed by atoms with Gasteiger partial charge in [0, 0.05) is 13.1 Å². The van der Waals surface area contributed by atoms with Crippen LogP contribution >= 0.6 is 0 Å². The van der Waals surface area contributed by atoms with E-state index in [0.29, 0.717) is 0 Å². The Morgan fingerprint density at radius 3 is 2.35 bits per heavy atom. The molecule has 0 spiro atoms. The predicted octanol–water partition coefficient (Wildman–Crippen LogP) is 3.10. The summed E-state index contributed by atoms with van der Waals surface area (Å²) in [6.45, 7) is 8.40. The number of piperidine rings is 1. The van der Waals surface area contributed by atoms with Gasteiger partial charge in [0.2, 0.25) is 0 Å². The van der Waals surface area contributed by atoms with Crippen LogP contribution in [0.1, 0.15) is 56.9 Å². The number of nitrogens with zero attached hydrogens (tertiary/aromatic N) is 4. The Bertz CT molecular complexity index is 496. The quantitative estimate of drug-likeness (QED) is 0.845. The van der Waals surface area contributed by atoms with Crippen LogP contribution in [-0.2, 0) is 12.8 Å². The second-order valence-electron chi connectivity index (χ2n) is 5.48. The largest absolute Gasteiger partial charge is 0.354 e. The van der Waals surface area contributed by atoms with Gasteiger partial charge in [0.05, 0.1) is 5.69 Å². The van der Waals surface area contributed by atoms with Crippen LogP contribution in [0.25, 0.3) is 0 Å². The Balaban J connectivity index is 2.31. The molecule has 0 saturated carbocycles. The second-order valence-corrected chi connectivity index (χ2v) is 5.48. The molecule has 0 radical (unpaired) electrons. The number of nitriles is 1. The molecule has 0 unspecified atom stereocenters. The van der Waals surface area contributed by atoms with Crippen LogP contribution in [0.2, 0.25) is 0 Å². The van der Waals surface area contributed by atoms with Gasteiger partial charge in [-0.15, -0.1) is 5.10 Å². The molecule has 1 aliphatic heterocycles. The standard InChI is InChI=1S/C16H24N4/c1-4-12-7-9-20(10-8-12)16-14(11-17)13(5-2)15(6-3)18-19-16/h12H,4-10H2,1-3H3. The van der Waals surface area contributed by atoms with Gasteiger partial charge in [-0.1, -0.05) is 27.2 Å². The van der Waals surface area contributed by atoms with Crippen molar-refractivity contribution in [3.8, 4) is 6.07 Å². The summed E-state index contributed by atoms with van der Waals surface area (Å²) in [5, 5.41) is 18.2. The lowest BCUT2D eigenvalue weighted by Gasteiger charge is -2.32. The van der Waals surface area contributed by atoms with Crippen LogP contribution in [0.5, 0.6) is 0 Å². The number of rotatable bonds is 4. The SMILES string of the molecule is CCc1nnc(N2CCC(CC)CC2)c(C#N)c1CC. The van der Waals surface area contributed by atoms with Crippen molar-refractivity contribution in [2.24, 2.45) is 5.92 Å². The number of hydrogen-bond acceptors (Lipinski definition) is 4. The molecule has 1 saturated heterocycles. The van der Waals surface area contributed by atoms with Gasteiger partial charge in [-0.25, -0.2) is 0 Å². The molecule has 1 aromatic heterocycles. The van der Waals surface area contributed by atoms with Crippen LogP contribution < -0.4 is 4.90 Å². The van der Waals surface area contributed by atoms with E-state index < -0.39 is 0 Å². The molecular formula is C16H24N4. The highest BCUT2D eigenvalue weighted by atomic mass is 15.3. The van der Waals surface area contributed by atoms with Gasteiger partial charge in [-0.2, -0.15) is 10.4 Å². The third-order valence-electron chi connectivity index (χ3n) is 4.43. The van der Waals surface area contributed by atoms with E-state index in [0.717, 1.165) is 54.5 Å².